The molecule has 4 heteroatoms. The van der Waals surface area contributed by atoms with Crippen LogP contribution in [0.2, 0.25) is 0 Å². The van der Waals surface area contributed by atoms with Gasteiger partial charge in [-0.3, -0.25) is 0 Å². The van der Waals surface area contributed by atoms with Gasteiger partial charge in [-0.1, -0.05) is 18.2 Å². The minimum absolute atomic E-state index is 0.130. The molecule has 0 aliphatic carbocycles. The van der Waals surface area contributed by atoms with Crippen LogP contribution >= 0.6 is 0 Å². The Kier molecular flexibility index (Phi) is 4.81. The van der Waals surface area contributed by atoms with Gasteiger partial charge < -0.3 is 15.2 Å². The maximum absolute atomic E-state index is 6.35. The van der Waals surface area contributed by atoms with Crippen LogP contribution in [0.4, 0.5) is 0 Å². The molecule has 1 unspecified atom stereocenters. The highest BCUT2D eigenvalue weighted by Gasteiger charge is 2.15. The molecule has 2 N–H and O–H groups in total. The fourth-order valence-electron chi connectivity index (χ4n) is 2.39. The molecule has 0 amide bonds. The number of hydrogen-bond donors (Lipinski definition) is 1. The molecule has 1 aromatic carbocycles. The van der Waals surface area contributed by atoms with Gasteiger partial charge in [-0.15, -0.1) is 0 Å². The summed E-state index contributed by atoms with van der Waals surface area (Å²) in [5.41, 5.74) is 10.8. The van der Waals surface area contributed by atoms with Crippen LogP contribution in [0.1, 0.15) is 28.3 Å². The first kappa shape index (κ1) is 15.3. The lowest BCUT2D eigenvalue weighted by atomic mass is 9.96. The average molecular weight is 286 g/mol. The van der Waals surface area contributed by atoms with E-state index in [-0.39, 0.29) is 6.04 Å². The number of aromatic nitrogens is 1. The van der Waals surface area contributed by atoms with Crippen molar-refractivity contribution in [1.29, 1.82) is 0 Å². The second-order valence-electron chi connectivity index (χ2n) is 5.15. The fraction of sp³-hybridized carbons (Fsp3) is 0.353. The van der Waals surface area contributed by atoms with Gasteiger partial charge in [0.05, 0.1) is 14.2 Å². The minimum atomic E-state index is -0.130. The Morgan fingerprint density at radius 1 is 1.10 bits per heavy atom. The van der Waals surface area contributed by atoms with Gasteiger partial charge in [0.25, 0.3) is 0 Å². The van der Waals surface area contributed by atoms with Crippen molar-refractivity contribution in [2.24, 2.45) is 5.73 Å². The Morgan fingerprint density at radius 2 is 1.86 bits per heavy atom. The summed E-state index contributed by atoms with van der Waals surface area (Å²) in [5, 5.41) is 0. The average Bonchev–Trinajstić information content (AvgIpc) is 2.50. The van der Waals surface area contributed by atoms with Gasteiger partial charge in [-0.25, -0.2) is 4.98 Å². The van der Waals surface area contributed by atoms with Crippen LogP contribution in [-0.2, 0) is 6.42 Å². The zero-order chi connectivity index (χ0) is 15.4. The summed E-state index contributed by atoms with van der Waals surface area (Å²) in [7, 11) is 3.29. The highest BCUT2D eigenvalue weighted by atomic mass is 16.5. The molecule has 2 aromatic rings. The number of ether oxygens (including phenoxy) is 2. The van der Waals surface area contributed by atoms with Crippen molar-refractivity contribution in [3.63, 3.8) is 0 Å². The van der Waals surface area contributed by atoms with Crippen LogP contribution in [0.15, 0.2) is 30.5 Å². The molecule has 0 bridgehead atoms. The molecule has 21 heavy (non-hydrogen) atoms. The van der Waals surface area contributed by atoms with E-state index in [1.165, 1.54) is 5.56 Å². The normalized spacial score (nSPS) is 12.0. The van der Waals surface area contributed by atoms with E-state index in [0.29, 0.717) is 12.3 Å². The summed E-state index contributed by atoms with van der Waals surface area (Å²) in [5.74, 6) is 1.49. The third-order valence-corrected chi connectivity index (χ3v) is 3.77. The fourth-order valence-corrected chi connectivity index (χ4v) is 2.39. The number of pyridine rings is 1. The molecule has 0 spiro atoms. The maximum Gasteiger partial charge on any atom is 0.212 e. The van der Waals surface area contributed by atoms with Gasteiger partial charge in [0.2, 0.25) is 5.88 Å². The SMILES string of the molecule is COc1ccc(CC(N)c2ccc(C)c(C)c2OC)cn1. The van der Waals surface area contributed by atoms with Crippen LogP contribution in [0, 0.1) is 13.8 Å². The van der Waals surface area contributed by atoms with Crippen molar-refractivity contribution >= 4 is 0 Å². The third-order valence-electron chi connectivity index (χ3n) is 3.77. The van der Waals surface area contributed by atoms with Gasteiger partial charge in [0.1, 0.15) is 5.75 Å². The number of hydrogen-bond acceptors (Lipinski definition) is 4. The van der Waals surface area contributed by atoms with Crippen LogP contribution in [0.3, 0.4) is 0 Å². The molecule has 0 radical (unpaired) electrons. The predicted octanol–water partition coefficient (Wildman–Crippen LogP) is 2.96. The smallest absolute Gasteiger partial charge is 0.212 e. The Morgan fingerprint density at radius 3 is 2.43 bits per heavy atom. The van der Waals surface area contributed by atoms with Crippen molar-refractivity contribution in [2.45, 2.75) is 26.3 Å². The topological polar surface area (TPSA) is 57.4 Å². The van der Waals surface area contributed by atoms with E-state index in [4.69, 9.17) is 15.2 Å². The van der Waals surface area contributed by atoms with Crippen LogP contribution < -0.4 is 15.2 Å². The summed E-state index contributed by atoms with van der Waals surface area (Å²) in [4.78, 5) is 4.21. The molecule has 112 valence electrons. The number of benzene rings is 1. The van der Waals surface area contributed by atoms with E-state index < -0.39 is 0 Å². The lowest BCUT2D eigenvalue weighted by Crippen LogP contribution is -2.15. The van der Waals surface area contributed by atoms with Crippen molar-refractivity contribution in [3.05, 3.63) is 52.7 Å². The van der Waals surface area contributed by atoms with Gasteiger partial charge in [0.15, 0.2) is 0 Å². The summed E-state index contributed by atoms with van der Waals surface area (Å²) < 4.78 is 10.6. The molecule has 1 aromatic heterocycles. The zero-order valence-electron chi connectivity index (χ0n) is 13.0. The lowest BCUT2D eigenvalue weighted by molar-refractivity contribution is 0.397. The predicted molar refractivity (Wildman–Crippen MR) is 83.9 cm³/mol. The minimum Gasteiger partial charge on any atom is -0.496 e. The maximum atomic E-state index is 6.35. The Labute approximate surface area is 125 Å². The number of aryl methyl sites for hydroxylation is 1. The molecule has 0 fully saturated rings. The highest BCUT2D eigenvalue weighted by molar-refractivity contribution is 5.47. The van der Waals surface area contributed by atoms with Crippen molar-refractivity contribution in [2.75, 3.05) is 14.2 Å². The molecular formula is C17H22N2O2. The quantitative estimate of drug-likeness (QED) is 0.918. The lowest BCUT2D eigenvalue weighted by Gasteiger charge is -2.18. The van der Waals surface area contributed by atoms with Crippen molar-refractivity contribution in [1.82, 2.24) is 4.98 Å². The third kappa shape index (κ3) is 3.34. The highest BCUT2D eigenvalue weighted by Crippen LogP contribution is 2.31. The summed E-state index contributed by atoms with van der Waals surface area (Å²) in [6.07, 6.45) is 2.50. The molecule has 0 aliphatic rings. The van der Waals surface area contributed by atoms with E-state index in [1.54, 1.807) is 20.4 Å². The molecule has 4 nitrogen and oxygen atoms in total. The molecule has 1 atom stereocenters. The summed E-state index contributed by atoms with van der Waals surface area (Å²) >= 11 is 0. The van der Waals surface area contributed by atoms with E-state index >= 15 is 0 Å². The van der Waals surface area contributed by atoms with Crippen LogP contribution in [0.25, 0.3) is 0 Å². The molecule has 1 heterocycles. The molecule has 0 aliphatic heterocycles. The van der Waals surface area contributed by atoms with Gasteiger partial charge >= 0.3 is 0 Å². The van der Waals surface area contributed by atoms with Gasteiger partial charge in [-0.05, 0) is 37.0 Å². The second-order valence-corrected chi connectivity index (χ2v) is 5.15. The number of nitrogens with zero attached hydrogens (tertiary/aromatic N) is 1. The number of nitrogens with two attached hydrogens (primary N) is 1. The van der Waals surface area contributed by atoms with Crippen molar-refractivity contribution < 1.29 is 9.47 Å². The standard InChI is InChI=1S/C17H22N2O2/c1-11-5-7-14(17(21-4)12(11)2)15(18)9-13-6-8-16(20-3)19-10-13/h5-8,10,15H,9,18H2,1-4H3. The number of rotatable bonds is 5. The molecule has 0 saturated carbocycles. The molecule has 0 saturated heterocycles. The summed E-state index contributed by atoms with van der Waals surface area (Å²) in [6, 6.07) is 7.83. The Bertz CT molecular complexity index is 609. The zero-order valence-corrected chi connectivity index (χ0v) is 13.0. The van der Waals surface area contributed by atoms with E-state index in [2.05, 4.69) is 24.9 Å². The van der Waals surface area contributed by atoms with Crippen LogP contribution in [-0.4, -0.2) is 19.2 Å². The first-order chi connectivity index (χ1) is 10.1. The van der Waals surface area contributed by atoms with Gasteiger partial charge in [-0.2, -0.15) is 0 Å². The first-order valence-corrected chi connectivity index (χ1v) is 6.95. The molecule has 2 rings (SSSR count). The van der Waals surface area contributed by atoms with E-state index in [0.717, 1.165) is 22.4 Å². The summed E-state index contributed by atoms with van der Waals surface area (Å²) in [6.45, 7) is 4.12. The number of methoxy groups -OCH3 is 2. The Balaban J connectivity index is 2.23. The van der Waals surface area contributed by atoms with Gasteiger partial charge in [0, 0.05) is 23.9 Å². The first-order valence-electron chi connectivity index (χ1n) is 6.95. The largest absolute Gasteiger partial charge is 0.496 e. The van der Waals surface area contributed by atoms with Crippen LogP contribution in [0.5, 0.6) is 11.6 Å². The van der Waals surface area contributed by atoms with Crippen molar-refractivity contribution in [3.8, 4) is 11.6 Å². The second kappa shape index (κ2) is 6.59. The van der Waals surface area contributed by atoms with E-state index in [1.807, 2.05) is 18.2 Å². The van der Waals surface area contributed by atoms with E-state index in [9.17, 15) is 0 Å². The molecular weight excluding hydrogens is 264 g/mol. The monoisotopic (exact) mass is 286 g/mol. The Hall–Kier alpha value is -2.07.